The molecule has 0 atom stereocenters. The molecule has 0 fully saturated rings. The van der Waals surface area contributed by atoms with Crippen molar-refractivity contribution in [3.8, 4) is 22.6 Å². The molecule has 10 nitrogen and oxygen atoms in total. The lowest BCUT2D eigenvalue weighted by atomic mass is 10.0. The van der Waals surface area contributed by atoms with E-state index < -0.39 is 16.8 Å². The number of amides is 1. The van der Waals surface area contributed by atoms with Crippen LogP contribution in [0.3, 0.4) is 0 Å². The second-order valence-electron chi connectivity index (χ2n) is 9.20. The third kappa shape index (κ3) is 6.52. The summed E-state index contributed by atoms with van der Waals surface area (Å²) in [5.41, 5.74) is 4.83. The minimum Gasteiger partial charge on any atom is -0.490 e. The molecule has 1 amide bonds. The molecule has 0 saturated carbocycles. The van der Waals surface area contributed by atoms with E-state index in [0.29, 0.717) is 42.7 Å². The number of hydrogen-bond donors (Lipinski definition) is 2. The number of aromatic nitrogens is 1. The zero-order chi connectivity index (χ0) is 31.4. The number of nitrogens with one attached hydrogen (secondary N) is 2. The Kier molecular flexibility index (Phi) is 9.15. The Labute approximate surface area is 265 Å². The van der Waals surface area contributed by atoms with Gasteiger partial charge in [0, 0.05) is 38.7 Å². The first kappa shape index (κ1) is 30.6. The molecule has 222 valence electrons. The fraction of sp³-hybridized carbons (Fsp3) is 0.0645. The number of ether oxygens (including phenoxy) is 2. The van der Waals surface area contributed by atoms with Gasteiger partial charge in [-0.1, -0.05) is 53.0 Å². The van der Waals surface area contributed by atoms with Crippen molar-refractivity contribution in [3.05, 3.63) is 121 Å². The lowest BCUT2D eigenvalue weighted by Crippen LogP contribution is -2.19. The summed E-state index contributed by atoms with van der Waals surface area (Å²) < 4.78 is 11.1. The Morgan fingerprint density at radius 3 is 2.43 bits per heavy atom. The van der Waals surface area contributed by atoms with Gasteiger partial charge >= 0.3 is 5.97 Å². The Morgan fingerprint density at radius 1 is 0.977 bits per heavy atom. The first-order chi connectivity index (χ1) is 21.2. The predicted molar refractivity (Wildman–Crippen MR) is 169 cm³/mol. The van der Waals surface area contributed by atoms with Gasteiger partial charge in [-0.15, -0.1) is 0 Å². The van der Waals surface area contributed by atoms with Crippen LogP contribution in [-0.4, -0.2) is 34.6 Å². The van der Waals surface area contributed by atoms with Crippen LogP contribution in [0.5, 0.6) is 11.5 Å². The SMILES string of the molecule is CCOc1cc(C=NNC(=O)c2[nH]c3c(Cl)cc(Cl)cc3c2-c2ccccc2Cl)ccc1OC(=O)c1ccc([N+](=O)[O-])cc1. The average molecular weight is 652 g/mol. The quantitative estimate of drug-likeness (QED) is 0.0544. The zero-order valence-corrected chi connectivity index (χ0v) is 25.0. The molecular weight excluding hydrogens is 631 g/mol. The summed E-state index contributed by atoms with van der Waals surface area (Å²) in [7, 11) is 0. The van der Waals surface area contributed by atoms with Crippen LogP contribution in [-0.2, 0) is 0 Å². The Morgan fingerprint density at radius 2 is 1.73 bits per heavy atom. The molecule has 2 N–H and O–H groups in total. The van der Waals surface area contributed by atoms with E-state index in [1.807, 2.05) is 0 Å². The van der Waals surface area contributed by atoms with E-state index in [1.54, 1.807) is 55.5 Å². The number of carbonyl (C=O) groups excluding carboxylic acids is 2. The molecule has 1 aromatic heterocycles. The number of nitrogens with zero attached hydrogens (tertiary/aromatic N) is 2. The lowest BCUT2D eigenvalue weighted by molar-refractivity contribution is -0.384. The smallest absolute Gasteiger partial charge is 0.343 e. The summed E-state index contributed by atoms with van der Waals surface area (Å²) >= 11 is 19.2. The van der Waals surface area contributed by atoms with Gasteiger partial charge in [-0.05, 0) is 61.0 Å². The number of H-pyrrole nitrogens is 1. The Balaban J connectivity index is 1.37. The number of hydrogen-bond acceptors (Lipinski definition) is 7. The van der Waals surface area contributed by atoms with E-state index in [2.05, 4.69) is 15.5 Å². The fourth-order valence-electron chi connectivity index (χ4n) is 4.39. The minimum atomic E-state index is -0.719. The predicted octanol–water partition coefficient (Wildman–Crippen LogP) is 8.09. The van der Waals surface area contributed by atoms with Crippen LogP contribution in [0.2, 0.25) is 15.1 Å². The molecule has 4 aromatic carbocycles. The van der Waals surface area contributed by atoms with Gasteiger partial charge in [0.25, 0.3) is 11.6 Å². The average Bonchev–Trinajstić information content (AvgIpc) is 3.38. The van der Waals surface area contributed by atoms with Crippen molar-refractivity contribution in [1.29, 1.82) is 0 Å². The van der Waals surface area contributed by atoms with Crippen LogP contribution in [0.1, 0.15) is 33.3 Å². The molecular formula is C31H21Cl3N4O6. The van der Waals surface area contributed by atoms with Crippen molar-refractivity contribution in [2.45, 2.75) is 6.92 Å². The van der Waals surface area contributed by atoms with Crippen molar-refractivity contribution >= 4 is 69.5 Å². The van der Waals surface area contributed by atoms with Crippen LogP contribution < -0.4 is 14.9 Å². The first-order valence-corrected chi connectivity index (χ1v) is 14.1. The number of nitro benzene ring substituents is 1. The normalized spacial score (nSPS) is 11.1. The summed E-state index contributed by atoms with van der Waals surface area (Å²) in [6.45, 7) is 2.04. The number of nitro groups is 1. The number of aromatic amines is 1. The highest BCUT2D eigenvalue weighted by atomic mass is 35.5. The number of benzene rings is 4. The Hall–Kier alpha value is -4.90. The third-order valence-electron chi connectivity index (χ3n) is 6.36. The Bertz CT molecular complexity index is 1940. The molecule has 0 aliphatic heterocycles. The van der Waals surface area contributed by atoms with Gasteiger partial charge in [-0.25, -0.2) is 10.2 Å². The van der Waals surface area contributed by atoms with Gasteiger partial charge < -0.3 is 14.5 Å². The fourth-order valence-corrected chi connectivity index (χ4v) is 5.16. The number of halogens is 3. The van der Waals surface area contributed by atoms with E-state index in [-0.39, 0.29) is 35.1 Å². The van der Waals surface area contributed by atoms with Crippen molar-refractivity contribution in [1.82, 2.24) is 10.4 Å². The van der Waals surface area contributed by atoms with E-state index in [4.69, 9.17) is 44.3 Å². The number of fused-ring (bicyclic) bond motifs is 1. The second kappa shape index (κ2) is 13.2. The number of rotatable bonds is 9. The van der Waals surface area contributed by atoms with Crippen LogP contribution in [0.15, 0.2) is 84.0 Å². The highest BCUT2D eigenvalue weighted by Gasteiger charge is 2.22. The maximum Gasteiger partial charge on any atom is 0.343 e. The summed E-state index contributed by atoms with van der Waals surface area (Å²) in [5, 5.41) is 16.7. The molecule has 5 rings (SSSR count). The molecule has 5 aromatic rings. The zero-order valence-electron chi connectivity index (χ0n) is 22.8. The molecule has 0 saturated heterocycles. The molecule has 44 heavy (non-hydrogen) atoms. The third-order valence-corrected chi connectivity index (χ3v) is 7.20. The maximum absolute atomic E-state index is 13.3. The first-order valence-electron chi connectivity index (χ1n) is 13.0. The van der Waals surface area contributed by atoms with Crippen LogP contribution in [0.4, 0.5) is 5.69 Å². The molecule has 0 bridgehead atoms. The largest absolute Gasteiger partial charge is 0.490 e. The second-order valence-corrected chi connectivity index (χ2v) is 10.4. The van der Waals surface area contributed by atoms with E-state index >= 15 is 0 Å². The standard InChI is InChI=1S/C31H21Cl3N4O6/c1-2-43-26-13-17(7-12-25(26)44-31(40)18-8-10-20(11-9-18)38(41)42)16-35-37-30(39)29-27(21-5-3-4-6-23(21)33)22-14-19(32)15-24(34)28(22)36-29/h3-16,36H,2H2,1H3,(H,37,39). The van der Waals surface area contributed by atoms with Crippen molar-refractivity contribution < 1.29 is 24.0 Å². The van der Waals surface area contributed by atoms with Gasteiger partial charge in [0.1, 0.15) is 5.69 Å². The van der Waals surface area contributed by atoms with Gasteiger partial charge in [-0.2, -0.15) is 5.10 Å². The molecule has 0 aliphatic carbocycles. The van der Waals surface area contributed by atoms with E-state index in [1.165, 1.54) is 36.5 Å². The highest BCUT2D eigenvalue weighted by Crippen LogP contribution is 2.40. The van der Waals surface area contributed by atoms with Crippen molar-refractivity contribution in [2.75, 3.05) is 6.61 Å². The minimum absolute atomic E-state index is 0.128. The molecule has 0 unspecified atom stereocenters. The van der Waals surface area contributed by atoms with Crippen LogP contribution in [0, 0.1) is 10.1 Å². The van der Waals surface area contributed by atoms with Crippen molar-refractivity contribution in [2.24, 2.45) is 5.10 Å². The number of esters is 1. The van der Waals surface area contributed by atoms with Gasteiger partial charge in [0.15, 0.2) is 11.5 Å². The topological polar surface area (TPSA) is 136 Å². The van der Waals surface area contributed by atoms with E-state index in [9.17, 15) is 19.7 Å². The van der Waals surface area contributed by atoms with Crippen LogP contribution >= 0.6 is 34.8 Å². The summed E-state index contributed by atoms with van der Waals surface area (Å²) in [5.74, 6) is -0.891. The highest BCUT2D eigenvalue weighted by molar-refractivity contribution is 6.39. The number of hydrazone groups is 1. The summed E-state index contributed by atoms with van der Waals surface area (Å²) in [4.78, 5) is 39.4. The molecule has 0 aliphatic rings. The molecule has 1 heterocycles. The summed E-state index contributed by atoms with van der Waals surface area (Å²) in [6, 6.07) is 20.1. The maximum atomic E-state index is 13.3. The monoisotopic (exact) mass is 650 g/mol. The number of non-ortho nitro benzene ring substituents is 1. The van der Waals surface area contributed by atoms with E-state index in [0.717, 1.165) is 0 Å². The van der Waals surface area contributed by atoms with Crippen LogP contribution in [0.25, 0.3) is 22.0 Å². The molecule has 0 radical (unpaired) electrons. The summed E-state index contributed by atoms with van der Waals surface area (Å²) in [6.07, 6.45) is 1.39. The molecule has 0 spiro atoms. The number of carbonyl (C=O) groups is 2. The van der Waals surface area contributed by atoms with Crippen molar-refractivity contribution in [3.63, 3.8) is 0 Å². The van der Waals surface area contributed by atoms with Gasteiger partial charge in [0.05, 0.1) is 33.8 Å². The molecule has 13 heteroatoms. The van der Waals surface area contributed by atoms with Gasteiger partial charge in [-0.3, -0.25) is 14.9 Å². The van der Waals surface area contributed by atoms with Gasteiger partial charge in [0.2, 0.25) is 0 Å². The lowest BCUT2D eigenvalue weighted by Gasteiger charge is -2.11.